The van der Waals surface area contributed by atoms with E-state index in [-0.39, 0.29) is 18.2 Å². The quantitative estimate of drug-likeness (QED) is 0.785. The Morgan fingerprint density at radius 2 is 1.90 bits per heavy atom. The summed E-state index contributed by atoms with van der Waals surface area (Å²) in [5.41, 5.74) is -0.507. The minimum atomic E-state index is -0.768. The largest absolute Gasteiger partial charge is 0.481 e. The highest BCUT2D eigenvalue weighted by Gasteiger charge is 2.39. The first-order chi connectivity index (χ1) is 9.91. The predicted molar refractivity (Wildman–Crippen MR) is 80.1 cm³/mol. The molecule has 1 unspecified atom stereocenters. The van der Waals surface area contributed by atoms with Gasteiger partial charge in [0, 0.05) is 45.7 Å². The molecule has 6 nitrogen and oxygen atoms in total. The summed E-state index contributed by atoms with van der Waals surface area (Å²) >= 11 is 0. The number of carboxylic acids is 1. The van der Waals surface area contributed by atoms with Crippen molar-refractivity contribution in [3.63, 3.8) is 0 Å². The van der Waals surface area contributed by atoms with E-state index < -0.39 is 11.5 Å². The second-order valence-electron chi connectivity index (χ2n) is 6.65. The van der Waals surface area contributed by atoms with Crippen molar-refractivity contribution in [2.45, 2.75) is 38.6 Å². The summed E-state index contributed by atoms with van der Waals surface area (Å²) in [6.07, 6.45) is 1.98. The Balaban J connectivity index is 1.98. The zero-order valence-electron chi connectivity index (χ0n) is 13.1. The predicted octanol–water partition coefficient (Wildman–Crippen LogP) is 0.384. The maximum Gasteiger partial charge on any atom is 0.303 e. The Morgan fingerprint density at radius 3 is 2.52 bits per heavy atom. The van der Waals surface area contributed by atoms with E-state index >= 15 is 0 Å². The number of nitrogens with zero attached hydrogens (tertiary/aromatic N) is 2. The molecule has 2 saturated heterocycles. The highest BCUT2D eigenvalue weighted by atomic mass is 16.4. The molecule has 2 N–H and O–H groups in total. The highest BCUT2D eigenvalue weighted by molar-refractivity contribution is 5.85. The average Bonchev–Trinajstić information content (AvgIpc) is 2.47. The molecule has 2 heterocycles. The molecule has 0 aromatic rings. The molecule has 0 saturated carbocycles. The first-order valence-electron chi connectivity index (χ1n) is 7.88. The fraction of sp³-hybridized carbons (Fsp3) is 0.867. The molecule has 0 aromatic heterocycles. The van der Waals surface area contributed by atoms with Gasteiger partial charge in [-0.15, -0.1) is 0 Å². The summed E-state index contributed by atoms with van der Waals surface area (Å²) in [5, 5.41) is 12.2. The maximum absolute atomic E-state index is 12.9. The second-order valence-corrected chi connectivity index (χ2v) is 6.65. The van der Waals surface area contributed by atoms with Gasteiger partial charge in [-0.25, -0.2) is 0 Å². The number of hydrogen-bond acceptors (Lipinski definition) is 4. The van der Waals surface area contributed by atoms with Crippen LogP contribution in [0.2, 0.25) is 0 Å². The minimum absolute atomic E-state index is 0.0963. The molecule has 0 aromatic carbocycles. The van der Waals surface area contributed by atoms with Crippen LogP contribution in [-0.2, 0) is 9.59 Å². The zero-order valence-corrected chi connectivity index (χ0v) is 13.1. The van der Waals surface area contributed by atoms with Gasteiger partial charge in [0.15, 0.2) is 0 Å². The van der Waals surface area contributed by atoms with E-state index in [1.165, 1.54) is 0 Å². The maximum atomic E-state index is 12.9. The molecule has 2 aliphatic heterocycles. The van der Waals surface area contributed by atoms with E-state index in [4.69, 9.17) is 5.11 Å². The number of piperazine rings is 1. The van der Waals surface area contributed by atoms with Gasteiger partial charge in [-0.1, -0.05) is 0 Å². The monoisotopic (exact) mass is 297 g/mol. The standard InChI is InChI=1S/C15H27N3O3/c1-15(2,18-8-5-16-6-9-18)14(21)17-7-3-4-12(11-17)10-13(19)20/h12,16H,3-11H2,1-2H3,(H,19,20). The third kappa shape index (κ3) is 3.95. The third-order valence-electron chi connectivity index (χ3n) is 4.70. The molecule has 2 fully saturated rings. The average molecular weight is 297 g/mol. The molecule has 1 atom stereocenters. The van der Waals surface area contributed by atoms with Crippen LogP contribution in [0.4, 0.5) is 0 Å². The Hall–Kier alpha value is -1.14. The van der Waals surface area contributed by atoms with Gasteiger partial charge in [-0.2, -0.15) is 0 Å². The Morgan fingerprint density at radius 1 is 1.24 bits per heavy atom. The first-order valence-corrected chi connectivity index (χ1v) is 7.88. The minimum Gasteiger partial charge on any atom is -0.481 e. The number of piperidine rings is 1. The molecule has 6 heteroatoms. The summed E-state index contributed by atoms with van der Waals surface area (Å²) in [7, 11) is 0. The van der Waals surface area contributed by atoms with Crippen LogP contribution in [0, 0.1) is 5.92 Å². The molecular formula is C15H27N3O3. The van der Waals surface area contributed by atoms with Gasteiger partial charge in [0.05, 0.1) is 5.54 Å². The van der Waals surface area contributed by atoms with E-state index in [0.717, 1.165) is 45.6 Å². The fourth-order valence-electron chi connectivity index (χ4n) is 3.41. The van der Waals surface area contributed by atoms with Crippen molar-refractivity contribution < 1.29 is 14.7 Å². The summed E-state index contributed by atoms with van der Waals surface area (Å²) in [6, 6.07) is 0. The first kappa shape index (κ1) is 16.2. The lowest BCUT2D eigenvalue weighted by atomic mass is 9.92. The Bertz CT molecular complexity index is 392. The number of rotatable bonds is 4. The number of likely N-dealkylation sites (tertiary alicyclic amines) is 1. The van der Waals surface area contributed by atoms with Crippen molar-refractivity contribution in [1.82, 2.24) is 15.1 Å². The smallest absolute Gasteiger partial charge is 0.303 e. The molecule has 120 valence electrons. The van der Waals surface area contributed by atoms with Crippen molar-refractivity contribution >= 4 is 11.9 Å². The molecular weight excluding hydrogens is 270 g/mol. The van der Waals surface area contributed by atoms with E-state index in [9.17, 15) is 9.59 Å². The van der Waals surface area contributed by atoms with E-state index in [1.54, 1.807) is 0 Å². The summed E-state index contributed by atoms with van der Waals surface area (Å²) in [4.78, 5) is 27.8. The molecule has 0 bridgehead atoms. The van der Waals surface area contributed by atoms with Crippen LogP contribution >= 0.6 is 0 Å². The highest BCUT2D eigenvalue weighted by Crippen LogP contribution is 2.25. The lowest BCUT2D eigenvalue weighted by Gasteiger charge is -2.44. The van der Waals surface area contributed by atoms with Gasteiger partial charge < -0.3 is 15.3 Å². The van der Waals surface area contributed by atoms with Gasteiger partial charge in [0.2, 0.25) is 5.91 Å². The number of carbonyl (C=O) groups is 2. The van der Waals surface area contributed by atoms with Crippen molar-refractivity contribution in [3.8, 4) is 0 Å². The molecule has 1 amide bonds. The lowest BCUT2D eigenvalue weighted by Crippen LogP contribution is -2.61. The molecule has 21 heavy (non-hydrogen) atoms. The number of aliphatic carboxylic acids is 1. The third-order valence-corrected chi connectivity index (χ3v) is 4.70. The summed E-state index contributed by atoms with van der Waals surface area (Å²) < 4.78 is 0. The second kappa shape index (κ2) is 6.75. The fourth-order valence-corrected chi connectivity index (χ4v) is 3.41. The van der Waals surface area contributed by atoms with Crippen LogP contribution in [0.25, 0.3) is 0 Å². The van der Waals surface area contributed by atoms with E-state index in [1.807, 2.05) is 18.7 Å². The normalized spacial score (nSPS) is 24.9. The van der Waals surface area contributed by atoms with Crippen LogP contribution in [0.5, 0.6) is 0 Å². The van der Waals surface area contributed by atoms with Gasteiger partial charge in [-0.3, -0.25) is 14.5 Å². The molecule has 0 spiro atoms. The number of hydrogen-bond donors (Lipinski definition) is 2. The molecule has 0 radical (unpaired) electrons. The molecule has 2 rings (SSSR count). The van der Waals surface area contributed by atoms with Crippen molar-refractivity contribution in [1.29, 1.82) is 0 Å². The van der Waals surface area contributed by atoms with Crippen LogP contribution in [0.3, 0.4) is 0 Å². The van der Waals surface area contributed by atoms with E-state index in [0.29, 0.717) is 6.54 Å². The number of carbonyl (C=O) groups excluding carboxylic acids is 1. The van der Waals surface area contributed by atoms with Crippen LogP contribution < -0.4 is 5.32 Å². The SMILES string of the molecule is CC(C)(C(=O)N1CCCC(CC(=O)O)C1)N1CCNCC1. The summed E-state index contributed by atoms with van der Waals surface area (Å²) in [6.45, 7) is 8.90. The zero-order chi connectivity index (χ0) is 15.5. The van der Waals surface area contributed by atoms with Crippen molar-refractivity contribution in [2.75, 3.05) is 39.3 Å². The van der Waals surface area contributed by atoms with E-state index in [2.05, 4.69) is 10.2 Å². The Kier molecular flexibility index (Phi) is 5.22. The number of nitrogens with one attached hydrogen (secondary N) is 1. The van der Waals surface area contributed by atoms with Gasteiger partial charge in [0.1, 0.15) is 0 Å². The van der Waals surface area contributed by atoms with Crippen LogP contribution in [0.1, 0.15) is 33.1 Å². The number of carboxylic acid groups (broad SMARTS) is 1. The molecule has 0 aliphatic carbocycles. The Labute approximate surface area is 126 Å². The van der Waals surface area contributed by atoms with Gasteiger partial charge in [0.25, 0.3) is 0 Å². The molecule has 2 aliphatic rings. The van der Waals surface area contributed by atoms with Crippen molar-refractivity contribution in [3.05, 3.63) is 0 Å². The van der Waals surface area contributed by atoms with Gasteiger partial charge >= 0.3 is 5.97 Å². The van der Waals surface area contributed by atoms with Crippen molar-refractivity contribution in [2.24, 2.45) is 5.92 Å². The topological polar surface area (TPSA) is 72.9 Å². The van der Waals surface area contributed by atoms with Crippen LogP contribution in [-0.4, -0.2) is 71.6 Å². The summed E-state index contributed by atoms with van der Waals surface area (Å²) in [5.74, 6) is -0.533. The number of amides is 1. The van der Waals surface area contributed by atoms with Crippen LogP contribution in [0.15, 0.2) is 0 Å². The lowest BCUT2D eigenvalue weighted by molar-refractivity contribution is -0.147. The van der Waals surface area contributed by atoms with Gasteiger partial charge in [-0.05, 0) is 32.6 Å².